The number of aryl methyl sites for hydroxylation is 3. The van der Waals surface area contributed by atoms with Crippen LogP contribution in [0.5, 0.6) is 0 Å². The minimum atomic E-state index is -3.60. The molecule has 1 fully saturated rings. The van der Waals surface area contributed by atoms with E-state index in [1.54, 1.807) is 32.3 Å². The third kappa shape index (κ3) is 3.90. The second kappa shape index (κ2) is 7.56. The number of piperidine rings is 1. The Morgan fingerprint density at radius 3 is 2.32 bits per heavy atom. The Morgan fingerprint density at radius 2 is 1.71 bits per heavy atom. The Bertz CT molecular complexity index is 1110. The van der Waals surface area contributed by atoms with Crippen LogP contribution in [0.15, 0.2) is 38.9 Å². The molecule has 0 unspecified atom stereocenters. The molecule has 1 aromatic carbocycles. The van der Waals surface area contributed by atoms with Crippen LogP contribution in [0.2, 0.25) is 0 Å². The van der Waals surface area contributed by atoms with Gasteiger partial charge in [-0.15, -0.1) is 0 Å². The minimum absolute atomic E-state index is 0.196. The van der Waals surface area contributed by atoms with Crippen LogP contribution in [0.25, 0.3) is 0 Å². The monoisotopic (exact) mass is 406 g/mol. The highest BCUT2D eigenvalue weighted by Crippen LogP contribution is 2.20. The summed E-state index contributed by atoms with van der Waals surface area (Å²) in [6.07, 6.45) is 2.71. The van der Waals surface area contributed by atoms with E-state index in [1.807, 2.05) is 17.9 Å². The molecule has 1 saturated heterocycles. The van der Waals surface area contributed by atoms with Crippen molar-refractivity contribution in [2.24, 2.45) is 14.1 Å². The maximum Gasteiger partial charge on any atom is 0.330 e. The van der Waals surface area contributed by atoms with Crippen molar-refractivity contribution in [3.8, 4) is 0 Å². The highest BCUT2D eigenvalue weighted by Gasteiger charge is 2.27. The van der Waals surface area contributed by atoms with E-state index < -0.39 is 10.0 Å². The molecule has 0 spiro atoms. The Kier molecular flexibility index (Phi) is 5.49. The van der Waals surface area contributed by atoms with Crippen molar-refractivity contribution in [2.45, 2.75) is 37.6 Å². The molecule has 1 aromatic heterocycles. The van der Waals surface area contributed by atoms with Gasteiger partial charge in [-0.2, -0.15) is 0 Å². The number of sulfonamides is 1. The Balaban J connectivity index is 1.73. The summed E-state index contributed by atoms with van der Waals surface area (Å²) < 4.78 is 30.8. The zero-order valence-corrected chi connectivity index (χ0v) is 17.4. The van der Waals surface area contributed by atoms with E-state index in [4.69, 9.17) is 0 Å². The zero-order chi connectivity index (χ0) is 20.6. The van der Waals surface area contributed by atoms with Gasteiger partial charge in [0.1, 0.15) is 5.69 Å². The molecule has 3 rings (SSSR count). The molecule has 152 valence electrons. The fourth-order valence-electron chi connectivity index (χ4n) is 3.63. The van der Waals surface area contributed by atoms with Crippen LogP contribution >= 0.6 is 0 Å². The van der Waals surface area contributed by atoms with Gasteiger partial charge >= 0.3 is 5.69 Å². The van der Waals surface area contributed by atoms with E-state index in [0.29, 0.717) is 36.5 Å². The fourth-order valence-corrected chi connectivity index (χ4v) is 5.16. The number of nitrogens with zero attached hydrogens (tertiary/aromatic N) is 3. The van der Waals surface area contributed by atoms with E-state index in [0.717, 1.165) is 15.7 Å². The molecule has 1 aliphatic heterocycles. The lowest BCUT2D eigenvalue weighted by Gasteiger charge is -2.33. The van der Waals surface area contributed by atoms with E-state index in [-0.39, 0.29) is 17.3 Å². The average molecular weight is 407 g/mol. The summed E-state index contributed by atoms with van der Waals surface area (Å²) in [4.78, 5) is 26.4. The predicted octanol–water partition coefficient (Wildman–Crippen LogP) is 0.648. The smallest absolute Gasteiger partial charge is 0.330 e. The molecule has 1 aliphatic rings. The van der Waals surface area contributed by atoms with Crippen molar-refractivity contribution in [2.75, 3.05) is 18.0 Å². The van der Waals surface area contributed by atoms with Crippen LogP contribution in [-0.4, -0.2) is 36.7 Å². The third-order valence-corrected chi connectivity index (χ3v) is 6.89. The molecule has 0 radical (unpaired) electrons. The van der Waals surface area contributed by atoms with Crippen LogP contribution in [0, 0.1) is 13.8 Å². The highest BCUT2D eigenvalue weighted by molar-refractivity contribution is 7.89. The topological polar surface area (TPSA) is 93.4 Å². The minimum Gasteiger partial charge on any atom is -0.366 e. The van der Waals surface area contributed by atoms with Gasteiger partial charge in [-0.05, 0) is 38.3 Å². The lowest BCUT2D eigenvalue weighted by molar-refractivity contribution is 0.457. The molecular weight excluding hydrogens is 380 g/mol. The van der Waals surface area contributed by atoms with E-state index in [9.17, 15) is 18.0 Å². The van der Waals surface area contributed by atoms with Gasteiger partial charge < -0.3 is 9.47 Å². The first-order valence-electron chi connectivity index (χ1n) is 9.21. The number of anilines is 1. The van der Waals surface area contributed by atoms with E-state index >= 15 is 0 Å². The van der Waals surface area contributed by atoms with E-state index in [1.165, 1.54) is 11.6 Å². The van der Waals surface area contributed by atoms with Crippen LogP contribution in [0.4, 0.5) is 5.69 Å². The standard InChI is InChI=1S/C19H26N4O4S/c1-13-5-6-17(14(2)11-13)28(26,27)20-15-7-9-23(10-8-15)16-12-21(3)19(25)22(4)18(16)24/h5-6,11-12,15,20H,7-10H2,1-4H3. The maximum atomic E-state index is 12.7. The van der Waals surface area contributed by atoms with E-state index in [2.05, 4.69) is 4.72 Å². The summed E-state index contributed by atoms with van der Waals surface area (Å²) in [5.41, 5.74) is 1.49. The van der Waals surface area contributed by atoms with Gasteiger partial charge in [0.15, 0.2) is 0 Å². The molecular formula is C19H26N4O4S. The molecule has 0 amide bonds. The second-order valence-corrected chi connectivity index (χ2v) is 9.11. The molecule has 8 nitrogen and oxygen atoms in total. The molecule has 0 atom stereocenters. The van der Waals surface area contributed by atoms with Gasteiger partial charge in [-0.3, -0.25) is 9.36 Å². The van der Waals surface area contributed by atoms with Crippen molar-refractivity contribution in [3.05, 3.63) is 56.4 Å². The third-order valence-electron chi connectivity index (χ3n) is 5.21. The zero-order valence-electron chi connectivity index (χ0n) is 16.6. The number of aromatic nitrogens is 2. The lowest BCUT2D eigenvalue weighted by atomic mass is 10.1. The van der Waals surface area contributed by atoms with Gasteiger partial charge in [0.25, 0.3) is 5.56 Å². The van der Waals surface area contributed by atoms with Gasteiger partial charge in [-0.1, -0.05) is 17.7 Å². The first kappa shape index (κ1) is 20.3. The van der Waals surface area contributed by atoms with Crippen molar-refractivity contribution in [3.63, 3.8) is 0 Å². The Hall–Kier alpha value is -2.39. The first-order valence-corrected chi connectivity index (χ1v) is 10.7. The van der Waals surface area contributed by atoms with Crippen LogP contribution in [-0.2, 0) is 24.1 Å². The van der Waals surface area contributed by atoms with Crippen molar-refractivity contribution < 1.29 is 8.42 Å². The van der Waals surface area contributed by atoms with Gasteiger partial charge in [-0.25, -0.2) is 17.9 Å². The van der Waals surface area contributed by atoms with Crippen molar-refractivity contribution in [1.29, 1.82) is 0 Å². The van der Waals surface area contributed by atoms with Gasteiger partial charge in [0, 0.05) is 39.4 Å². The molecule has 2 aromatic rings. The van der Waals surface area contributed by atoms with Crippen LogP contribution < -0.4 is 20.9 Å². The summed E-state index contributed by atoms with van der Waals surface area (Å²) in [6, 6.07) is 5.08. The fraction of sp³-hybridized carbons (Fsp3) is 0.474. The van der Waals surface area contributed by atoms with Gasteiger partial charge in [0.05, 0.1) is 4.90 Å². The first-order chi connectivity index (χ1) is 13.1. The number of rotatable bonds is 4. The summed E-state index contributed by atoms with van der Waals surface area (Å²) in [5.74, 6) is 0. The van der Waals surface area contributed by atoms with Crippen LogP contribution in [0.1, 0.15) is 24.0 Å². The van der Waals surface area contributed by atoms with Crippen molar-refractivity contribution in [1.82, 2.24) is 13.9 Å². The number of benzene rings is 1. The average Bonchev–Trinajstić information content (AvgIpc) is 2.63. The molecule has 0 aliphatic carbocycles. The molecule has 0 bridgehead atoms. The molecule has 0 saturated carbocycles. The molecule has 9 heteroatoms. The highest BCUT2D eigenvalue weighted by atomic mass is 32.2. The Morgan fingerprint density at radius 1 is 1.07 bits per heavy atom. The summed E-state index contributed by atoms with van der Waals surface area (Å²) in [6.45, 7) is 4.79. The Labute approximate surface area is 164 Å². The normalized spacial score (nSPS) is 15.8. The quantitative estimate of drug-likeness (QED) is 0.805. The molecule has 2 heterocycles. The van der Waals surface area contributed by atoms with Crippen LogP contribution in [0.3, 0.4) is 0 Å². The molecule has 28 heavy (non-hydrogen) atoms. The SMILES string of the molecule is Cc1ccc(S(=O)(=O)NC2CCN(c3cn(C)c(=O)n(C)c3=O)CC2)c(C)c1. The summed E-state index contributed by atoms with van der Waals surface area (Å²) in [5, 5.41) is 0. The number of hydrogen-bond acceptors (Lipinski definition) is 5. The maximum absolute atomic E-state index is 12.7. The number of nitrogens with one attached hydrogen (secondary N) is 1. The summed E-state index contributed by atoms with van der Waals surface area (Å²) >= 11 is 0. The lowest BCUT2D eigenvalue weighted by Crippen LogP contribution is -2.47. The predicted molar refractivity (Wildman–Crippen MR) is 108 cm³/mol. The number of hydrogen-bond donors (Lipinski definition) is 1. The van der Waals surface area contributed by atoms with Crippen molar-refractivity contribution >= 4 is 15.7 Å². The largest absolute Gasteiger partial charge is 0.366 e. The van der Waals surface area contributed by atoms with Gasteiger partial charge in [0.2, 0.25) is 10.0 Å². The summed E-state index contributed by atoms with van der Waals surface area (Å²) in [7, 11) is -0.532. The molecule has 1 N–H and O–H groups in total. The second-order valence-electron chi connectivity index (χ2n) is 7.42.